The summed E-state index contributed by atoms with van der Waals surface area (Å²) in [6.45, 7) is 5.38. The van der Waals surface area contributed by atoms with E-state index >= 15 is 0 Å². The van der Waals surface area contributed by atoms with Crippen molar-refractivity contribution in [2.45, 2.75) is 46.1 Å². The summed E-state index contributed by atoms with van der Waals surface area (Å²) in [7, 11) is 0. The summed E-state index contributed by atoms with van der Waals surface area (Å²) in [5, 5.41) is 8.77. The zero-order chi connectivity index (χ0) is 14.4. The van der Waals surface area contributed by atoms with Gasteiger partial charge in [0.15, 0.2) is 10.6 Å². The maximum Gasteiger partial charge on any atom is 0.279 e. The monoisotopic (exact) mass is 291 g/mol. The molecule has 106 valence electrons. The highest BCUT2D eigenvalue weighted by atomic mass is 32.1. The number of carbonyl (C=O) groups excluding carboxylic acids is 1. The Kier molecular flexibility index (Phi) is 3.20. The summed E-state index contributed by atoms with van der Waals surface area (Å²) in [6, 6.07) is -0.558. The molecule has 0 saturated carbocycles. The highest BCUT2D eigenvalue weighted by Gasteiger charge is 2.25. The lowest BCUT2D eigenvalue weighted by Crippen LogP contribution is -2.30. The molecule has 5 nitrogen and oxygen atoms in total. The fourth-order valence-electron chi connectivity index (χ4n) is 2.70. The van der Waals surface area contributed by atoms with Gasteiger partial charge in [0, 0.05) is 4.88 Å². The first-order valence-corrected chi connectivity index (χ1v) is 7.71. The van der Waals surface area contributed by atoms with Gasteiger partial charge in [-0.3, -0.25) is 9.59 Å². The standard InChI is InChI=1S/C14H17N3O2S/c1-7-4-5-10-11(6-7)20-13-12(10)14(19)17(16-15-13)8(2)9(3)18/h7-8H,4-6H2,1-3H3/t7-,8+/m0/s1. The number of thiophene rings is 1. The van der Waals surface area contributed by atoms with Gasteiger partial charge in [-0.05, 0) is 44.6 Å². The first-order chi connectivity index (χ1) is 9.49. The summed E-state index contributed by atoms with van der Waals surface area (Å²) in [6.07, 6.45) is 3.03. The molecule has 0 saturated heterocycles. The number of hydrogen-bond acceptors (Lipinski definition) is 5. The minimum absolute atomic E-state index is 0.0848. The highest BCUT2D eigenvalue weighted by molar-refractivity contribution is 7.18. The number of carbonyl (C=O) groups is 1. The average molecular weight is 291 g/mol. The predicted octanol–water partition coefficient (Wildman–Crippen LogP) is 2.13. The van der Waals surface area contributed by atoms with E-state index in [-0.39, 0.29) is 11.3 Å². The van der Waals surface area contributed by atoms with Crippen LogP contribution in [0, 0.1) is 5.92 Å². The van der Waals surface area contributed by atoms with E-state index in [0.29, 0.717) is 16.1 Å². The van der Waals surface area contributed by atoms with Crippen LogP contribution in [0.2, 0.25) is 0 Å². The Labute approximate surface area is 120 Å². The van der Waals surface area contributed by atoms with Gasteiger partial charge < -0.3 is 0 Å². The molecule has 0 spiro atoms. The van der Waals surface area contributed by atoms with Crippen LogP contribution in [0.25, 0.3) is 10.2 Å². The van der Waals surface area contributed by atoms with Crippen molar-refractivity contribution in [3.63, 3.8) is 0 Å². The molecule has 1 aliphatic carbocycles. The number of hydrogen-bond donors (Lipinski definition) is 0. The third-order valence-electron chi connectivity index (χ3n) is 4.10. The second-order valence-electron chi connectivity index (χ2n) is 5.66. The molecule has 0 radical (unpaired) electrons. The van der Waals surface area contributed by atoms with Crippen molar-refractivity contribution in [3.05, 3.63) is 20.8 Å². The van der Waals surface area contributed by atoms with Gasteiger partial charge in [-0.1, -0.05) is 12.1 Å². The largest absolute Gasteiger partial charge is 0.298 e. The summed E-state index contributed by atoms with van der Waals surface area (Å²) >= 11 is 1.57. The molecular formula is C14H17N3O2S. The topological polar surface area (TPSA) is 64.8 Å². The van der Waals surface area contributed by atoms with Gasteiger partial charge in [-0.25, -0.2) is 4.68 Å². The zero-order valence-electron chi connectivity index (χ0n) is 11.8. The number of rotatable bonds is 2. The van der Waals surface area contributed by atoms with Gasteiger partial charge in [0.05, 0.1) is 5.39 Å². The molecule has 0 amide bonds. The lowest BCUT2D eigenvalue weighted by Gasteiger charge is -2.17. The first kappa shape index (κ1) is 13.4. The van der Waals surface area contributed by atoms with Crippen LogP contribution in [-0.4, -0.2) is 20.8 Å². The molecule has 20 heavy (non-hydrogen) atoms. The Balaban J connectivity index is 2.23. The van der Waals surface area contributed by atoms with Gasteiger partial charge in [0.25, 0.3) is 5.56 Å². The van der Waals surface area contributed by atoms with Crippen LogP contribution in [-0.2, 0) is 17.6 Å². The minimum atomic E-state index is -0.558. The molecule has 6 heteroatoms. The Morgan fingerprint density at radius 1 is 1.50 bits per heavy atom. The van der Waals surface area contributed by atoms with Crippen LogP contribution >= 0.6 is 11.3 Å². The van der Waals surface area contributed by atoms with Crippen molar-refractivity contribution in [1.29, 1.82) is 0 Å². The SMILES string of the molecule is CC(=O)[C@@H](C)n1nnc2sc3c(c2c1=O)CC[C@H](C)C3. The van der Waals surface area contributed by atoms with Crippen LogP contribution in [0.3, 0.4) is 0 Å². The Morgan fingerprint density at radius 3 is 2.95 bits per heavy atom. The number of nitrogens with zero attached hydrogens (tertiary/aromatic N) is 3. The van der Waals surface area contributed by atoms with Crippen molar-refractivity contribution in [3.8, 4) is 0 Å². The summed E-state index contributed by atoms with van der Waals surface area (Å²) in [4.78, 5) is 26.1. The molecule has 0 aromatic carbocycles. The number of Topliss-reactive ketones (excluding diaryl/α,β-unsaturated/α-hetero) is 1. The van der Waals surface area contributed by atoms with Gasteiger partial charge >= 0.3 is 0 Å². The smallest absolute Gasteiger partial charge is 0.279 e. The summed E-state index contributed by atoms with van der Waals surface area (Å²) < 4.78 is 1.22. The number of aryl methyl sites for hydroxylation is 1. The van der Waals surface area contributed by atoms with E-state index in [4.69, 9.17) is 0 Å². The van der Waals surface area contributed by atoms with Crippen molar-refractivity contribution < 1.29 is 4.79 Å². The molecule has 0 aliphatic heterocycles. The Hall–Kier alpha value is -1.56. The molecular weight excluding hydrogens is 274 g/mol. The average Bonchev–Trinajstić information content (AvgIpc) is 2.76. The molecule has 0 unspecified atom stereocenters. The lowest BCUT2D eigenvalue weighted by molar-refractivity contribution is -0.120. The normalized spacial score (nSPS) is 19.9. The van der Waals surface area contributed by atoms with E-state index in [1.807, 2.05) is 0 Å². The minimum Gasteiger partial charge on any atom is -0.298 e. The molecule has 0 bridgehead atoms. The van der Waals surface area contributed by atoms with Crippen LogP contribution in [0.1, 0.15) is 43.7 Å². The third-order valence-corrected chi connectivity index (χ3v) is 5.24. The van der Waals surface area contributed by atoms with Gasteiger partial charge in [0.2, 0.25) is 0 Å². The third kappa shape index (κ3) is 1.98. The van der Waals surface area contributed by atoms with Crippen molar-refractivity contribution >= 4 is 27.3 Å². The maximum absolute atomic E-state index is 12.6. The molecule has 0 N–H and O–H groups in total. The van der Waals surface area contributed by atoms with Gasteiger partial charge in [0.1, 0.15) is 6.04 Å². The van der Waals surface area contributed by atoms with E-state index in [9.17, 15) is 9.59 Å². The molecule has 2 atom stereocenters. The van der Waals surface area contributed by atoms with E-state index in [0.717, 1.165) is 24.8 Å². The molecule has 0 fully saturated rings. The van der Waals surface area contributed by atoms with Gasteiger partial charge in [-0.2, -0.15) is 0 Å². The Morgan fingerprint density at radius 2 is 2.25 bits per heavy atom. The van der Waals surface area contributed by atoms with Crippen LogP contribution in [0.4, 0.5) is 0 Å². The maximum atomic E-state index is 12.6. The first-order valence-electron chi connectivity index (χ1n) is 6.89. The Bertz CT molecular complexity index is 747. The summed E-state index contributed by atoms with van der Waals surface area (Å²) in [5.41, 5.74) is 0.956. The van der Waals surface area contributed by atoms with E-state index in [2.05, 4.69) is 17.2 Å². The molecule has 2 heterocycles. The number of aromatic nitrogens is 3. The second kappa shape index (κ2) is 4.77. The predicted molar refractivity (Wildman–Crippen MR) is 78.3 cm³/mol. The number of ketones is 1. The highest BCUT2D eigenvalue weighted by Crippen LogP contribution is 2.35. The van der Waals surface area contributed by atoms with Crippen molar-refractivity contribution in [2.75, 3.05) is 0 Å². The molecule has 2 aromatic heterocycles. The van der Waals surface area contributed by atoms with E-state index in [1.54, 1.807) is 18.3 Å². The van der Waals surface area contributed by atoms with Gasteiger partial charge in [-0.15, -0.1) is 16.4 Å². The van der Waals surface area contributed by atoms with Crippen LogP contribution < -0.4 is 5.56 Å². The van der Waals surface area contributed by atoms with Crippen molar-refractivity contribution in [2.24, 2.45) is 5.92 Å². The zero-order valence-corrected chi connectivity index (χ0v) is 12.7. The number of fused-ring (bicyclic) bond motifs is 3. The van der Waals surface area contributed by atoms with Crippen molar-refractivity contribution in [1.82, 2.24) is 15.0 Å². The fourth-order valence-corrected chi connectivity index (χ4v) is 4.02. The quantitative estimate of drug-likeness (QED) is 0.850. The summed E-state index contributed by atoms with van der Waals surface area (Å²) in [5.74, 6) is 0.570. The molecule has 2 aromatic rings. The fraction of sp³-hybridized carbons (Fsp3) is 0.571. The molecule has 3 rings (SSSR count). The lowest BCUT2D eigenvalue weighted by atomic mass is 9.89. The van der Waals surface area contributed by atoms with E-state index < -0.39 is 6.04 Å². The second-order valence-corrected chi connectivity index (χ2v) is 6.74. The van der Waals surface area contributed by atoms with E-state index in [1.165, 1.54) is 16.5 Å². The van der Waals surface area contributed by atoms with Crippen LogP contribution in [0.5, 0.6) is 0 Å². The van der Waals surface area contributed by atoms with Crippen LogP contribution in [0.15, 0.2) is 4.79 Å². The molecule has 1 aliphatic rings.